The number of furan rings is 1. The van der Waals surface area contributed by atoms with Crippen molar-refractivity contribution < 1.29 is 4.42 Å². The molecule has 3 heteroatoms. The van der Waals surface area contributed by atoms with Crippen LogP contribution in [0.15, 0.2) is 89.3 Å². The van der Waals surface area contributed by atoms with Crippen molar-refractivity contribution in [1.82, 2.24) is 4.98 Å². The molecule has 0 aliphatic carbocycles. The van der Waals surface area contributed by atoms with E-state index in [4.69, 9.17) is 21.0 Å². The maximum atomic E-state index is 6.32. The predicted molar refractivity (Wildman–Crippen MR) is 117 cm³/mol. The smallest absolute Gasteiger partial charge is 0.136 e. The van der Waals surface area contributed by atoms with Gasteiger partial charge in [0.05, 0.1) is 11.2 Å². The minimum Gasteiger partial charge on any atom is -0.456 e. The summed E-state index contributed by atoms with van der Waals surface area (Å²) in [4.78, 5) is 5.01. The molecule has 0 aliphatic rings. The third-order valence-corrected chi connectivity index (χ3v) is 5.54. The van der Waals surface area contributed by atoms with E-state index < -0.39 is 0 Å². The van der Waals surface area contributed by atoms with E-state index in [-0.39, 0.29) is 0 Å². The molecule has 0 saturated heterocycles. The van der Waals surface area contributed by atoms with Crippen LogP contribution in [-0.2, 0) is 0 Å². The second-order valence-corrected chi connectivity index (χ2v) is 7.38. The Morgan fingerprint density at radius 3 is 2.32 bits per heavy atom. The molecule has 2 nitrogen and oxygen atoms in total. The summed E-state index contributed by atoms with van der Waals surface area (Å²) in [5.74, 6) is 0. The number of aromatic nitrogens is 1. The molecule has 2 aromatic heterocycles. The third-order valence-electron chi connectivity index (χ3n) is 5.31. The van der Waals surface area contributed by atoms with Gasteiger partial charge in [-0.25, -0.2) is 4.98 Å². The molecule has 0 N–H and O–H groups in total. The lowest BCUT2D eigenvalue weighted by molar-refractivity contribution is 0.669. The molecule has 0 radical (unpaired) electrons. The summed E-state index contributed by atoms with van der Waals surface area (Å²) < 4.78 is 6.13. The van der Waals surface area contributed by atoms with Crippen molar-refractivity contribution in [2.24, 2.45) is 0 Å². The van der Waals surface area contributed by atoms with Crippen molar-refractivity contribution >= 4 is 55.2 Å². The highest BCUT2D eigenvalue weighted by Gasteiger charge is 2.17. The van der Waals surface area contributed by atoms with Gasteiger partial charge in [-0.1, -0.05) is 60.1 Å². The van der Waals surface area contributed by atoms with Crippen molar-refractivity contribution in [3.05, 3.63) is 90.0 Å². The van der Waals surface area contributed by atoms with Crippen LogP contribution in [0.5, 0.6) is 0 Å². The molecule has 6 rings (SSSR count). The van der Waals surface area contributed by atoms with Gasteiger partial charge in [-0.05, 0) is 36.4 Å². The molecule has 28 heavy (non-hydrogen) atoms. The number of hydrogen-bond acceptors (Lipinski definition) is 2. The van der Waals surface area contributed by atoms with E-state index in [1.807, 2.05) is 48.5 Å². The number of pyridine rings is 1. The van der Waals surface area contributed by atoms with Crippen molar-refractivity contribution in [3.63, 3.8) is 0 Å². The fourth-order valence-corrected chi connectivity index (χ4v) is 4.27. The highest BCUT2D eigenvalue weighted by Crippen LogP contribution is 2.41. The second-order valence-electron chi connectivity index (χ2n) is 6.95. The number of hydrogen-bond donors (Lipinski definition) is 0. The van der Waals surface area contributed by atoms with Gasteiger partial charge >= 0.3 is 0 Å². The van der Waals surface area contributed by atoms with Crippen LogP contribution in [0.4, 0.5) is 0 Å². The van der Waals surface area contributed by atoms with Gasteiger partial charge in [0, 0.05) is 37.5 Å². The van der Waals surface area contributed by atoms with Crippen LogP contribution in [0, 0.1) is 0 Å². The van der Waals surface area contributed by atoms with Gasteiger partial charge in [-0.2, -0.15) is 0 Å². The van der Waals surface area contributed by atoms with Crippen LogP contribution in [0.2, 0.25) is 5.02 Å². The van der Waals surface area contributed by atoms with Gasteiger partial charge in [0.15, 0.2) is 0 Å². The van der Waals surface area contributed by atoms with Crippen LogP contribution in [0.1, 0.15) is 0 Å². The third kappa shape index (κ3) is 2.19. The summed E-state index contributed by atoms with van der Waals surface area (Å²) in [6, 6.07) is 28.5. The van der Waals surface area contributed by atoms with Gasteiger partial charge in [-0.3, -0.25) is 0 Å². The first-order valence-corrected chi connectivity index (χ1v) is 9.56. The zero-order chi connectivity index (χ0) is 18.7. The topological polar surface area (TPSA) is 26.0 Å². The molecule has 0 bridgehead atoms. The van der Waals surface area contributed by atoms with Crippen molar-refractivity contribution in [2.75, 3.05) is 0 Å². The minimum atomic E-state index is 0.703. The summed E-state index contributed by atoms with van der Waals surface area (Å²) in [7, 11) is 0. The monoisotopic (exact) mass is 379 g/mol. The molecule has 0 saturated carbocycles. The van der Waals surface area contributed by atoms with E-state index in [1.54, 1.807) is 0 Å². The van der Waals surface area contributed by atoms with Crippen LogP contribution in [0.25, 0.3) is 54.9 Å². The Kier molecular flexibility index (Phi) is 3.26. The molecule has 2 heterocycles. The maximum absolute atomic E-state index is 6.32. The van der Waals surface area contributed by atoms with Crippen molar-refractivity contribution in [2.45, 2.75) is 0 Å². The fourth-order valence-electron chi connectivity index (χ4n) is 4.10. The Labute approximate surface area is 166 Å². The fraction of sp³-hybridized carbons (Fsp3) is 0. The summed E-state index contributed by atoms with van der Waals surface area (Å²) >= 11 is 6.32. The largest absolute Gasteiger partial charge is 0.456 e. The molecule has 0 atom stereocenters. The van der Waals surface area contributed by atoms with Crippen LogP contribution >= 0.6 is 11.6 Å². The number of benzene rings is 4. The number of halogens is 1. The Hall–Kier alpha value is -3.36. The van der Waals surface area contributed by atoms with Crippen molar-refractivity contribution in [3.8, 4) is 11.3 Å². The molecule has 0 amide bonds. The molecule has 0 aliphatic heterocycles. The highest BCUT2D eigenvalue weighted by atomic mass is 35.5. The Balaban J connectivity index is 1.91. The predicted octanol–water partition coefficient (Wildman–Crippen LogP) is 7.61. The van der Waals surface area contributed by atoms with Crippen LogP contribution < -0.4 is 0 Å². The Bertz CT molecular complexity index is 1520. The van der Waals surface area contributed by atoms with E-state index in [1.165, 1.54) is 0 Å². The molecular weight excluding hydrogens is 366 g/mol. The second kappa shape index (κ2) is 5.82. The molecule has 132 valence electrons. The standard InChI is InChI=1S/C25H14ClNO/c26-16-10-12-21-19(14-16)24-22(28-21)13-11-18-23(24)17-8-4-5-9-20(17)27-25(18)15-6-2-1-3-7-15/h1-14H. The molecule has 0 fully saturated rings. The quantitative estimate of drug-likeness (QED) is 0.275. The highest BCUT2D eigenvalue weighted by molar-refractivity contribution is 6.33. The Morgan fingerprint density at radius 1 is 0.643 bits per heavy atom. The summed E-state index contributed by atoms with van der Waals surface area (Å²) in [6.45, 7) is 0. The SMILES string of the molecule is Clc1ccc2oc3ccc4c(-c5ccccc5)nc5ccccc5c4c3c2c1. The maximum Gasteiger partial charge on any atom is 0.136 e. The summed E-state index contributed by atoms with van der Waals surface area (Å²) in [6.07, 6.45) is 0. The van der Waals surface area contributed by atoms with E-state index in [0.717, 1.165) is 54.9 Å². The van der Waals surface area contributed by atoms with E-state index in [9.17, 15) is 0 Å². The average Bonchev–Trinajstić information content (AvgIpc) is 3.11. The van der Waals surface area contributed by atoms with Gasteiger partial charge in [0.1, 0.15) is 11.2 Å². The lowest BCUT2D eigenvalue weighted by atomic mass is 9.96. The van der Waals surface area contributed by atoms with Gasteiger partial charge in [-0.15, -0.1) is 0 Å². The van der Waals surface area contributed by atoms with Gasteiger partial charge in [0.2, 0.25) is 0 Å². The van der Waals surface area contributed by atoms with E-state index >= 15 is 0 Å². The normalized spacial score (nSPS) is 11.8. The van der Waals surface area contributed by atoms with Gasteiger partial charge in [0.25, 0.3) is 0 Å². The number of rotatable bonds is 1. The van der Waals surface area contributed by atoms with Crippen molar-refractivity contribution in [1.29, 1.82) is 0 Å². The van der Waals surface area contributed by atoms with E-state index in [2.05, 4.69) is 36.4 Å². The molecule has 0 spiro atoms. The zero-order valence-corrected chi connectivity index (χ0v) is 15.6. The van der Waals surface area contributed by atoms with Crippen LogP contribution in [-0.4, -0.2) is 4.98 Å². The molecular formula is C25H14ClNO. The minimum absolute atomic E-state index is 0.703. The first-order valence-electron chi connectivity index (χ1n) is 9.18. The van der Waals surface area contributed by atoms with Crippen LogP contribution in [0.3, 0.4) is 0 Å². The number of nitrogens with zero attached hydrogens (tertiary/aromatic N) is 1. The molecule has 0 unspecified atom stereocenters. The average molecular weight is 380 g/mol. The lowest BCUT2D eigenvalue weighted by Gasteiger charge is -2.11. The molecule has 6 aromatic rings. The molecule has 4 aromatic carbocycles. The number of fused-ring (bicyclic) bond motifs is 7. The number of para-hydroxylation sites is 1. The lowest BCUT2D eigenvalue weighted by Crippen LogP contribution is -1.90. The van der Waals surface area contributed by atoms with E-state index in [0.29, 0.717) is 5.02 Å². The summed E-state index contributed by atoms with van der Waals surface area (Å²) in [5, 5.41) is 6.21. The van der Waals surface area contributed by atoms with Gasteiger partial charge < -0.3 is 4.42 Å². The Morgan fingerprint density at radius 2 is 1.43 bits per heavy atom. The zero-order valence-electron chi connectivity index (χ0n) is 14.8. The summed E-state index contributed by atoms with van der Waals surface area (Å²) in [5.41, 5.74) is 4.75. The first-order chi connectivity index (χ1) is 13.8. The first kappa shape index (κ1) is 15.7.